The van der Waals surface area contributed by atoms with E-state index in [1.807, 2.05) is 0 Å². The lowest BCUT2D eigenvalue weighted by Gasteiger charge is -2.37. The standard InChI is InChI=1S/C12H26N2/c1-10-6-11(8-13-7-10)14(5)9-12(2,3)4/h10-11,13H,6-9H2,1-5H3. The van der Waals surface area contributed by atoms with Crippen LogP contribution in [-0.2, 0) is 0 Å². The van der Waals surface area contributed by atoms with Crippen LogP contribution in [0.5, 0.6) is 0 Å². The minimum absolute atomic E-state index is 0.412. The van der Waals surface area contributed by atoms with Crippen molar-refractivity contribution in [1.29, 1.82) is 0 Å². The molecule has 14 heavy (non-hydrogen) atoms. The van der Waals surface area contributed by atoms with Crippen LogP contribution in [0.25, 0.3) is 0 Å². The van der Waals surface area contributed by atoms with E-state index in [-0.39, 0.29) is 0 Å². The molecule has 1 saturated heterocycles. The molecule has 0 aliphatic carbocycles. The molecule has 84 valence electrons. The monoisotopic (exact) mass is 198 g/mol. The highest BCUT2D eigenvalue weighted by atomic mass is 15.2. The van der Waals surface area contributed by atoms with Gasteiger partial charge in [-0.25, -0.2) is 0 Å². The van der Waals surface area contributed by atoms with Crippen molar-refractivity contribution in [2.75, 3.05) is 26.7 Å². The molecule has 2 nitrogen and oxygen atoms in total. The average molecular weight is 198 g/mol. The first-order valence-corrected chi connectivity index (χ1v) is 5.79. The van der Waals surface area contributed by atoms with Crippen molar-refractivity contribution in [3.63, 3.8) is 0 Å². The summed E-state index contributed by atoms with van der Waals surface area (Å²) in [6, 6.07) is 0.734. The van der Waals surface area contributed by atoms with E-state index in [1.165, 1.54) is 19.5 Å². The Hall–Kier alpha value is -0.0800. The Balaban J connectivity index is 2.39. The van der Waals surface area contributed by atoms with Crippen LogP contribution in [0.2, 0.25) is 0 Å². The zero-order valence-corrected chi connectivity index (χ0v) is 10.4. The highest BCUT2D eigenvalue weighted by molar-refractivity contribution is 4.81. The van der Waals surface area contributed by atoms with Gasteiger partial charge in [0.1, 0.15) is 0 Å². The molecule has 1 aliphatic rings. The molecule has 0 aromatic carbocycles. The molecule has 0 aromatic heterocycles. The molecule has 0 radical (unpaired) electrons. The largest absolute Gasteiger partial charge is 0.315 e. The highest BCUT2D eigenvalue weighted by Gasteiger charge is 2.24. The first-order chi connectivity index (χ1) is 6.38. The van der Waals surface area contributed by atoms with Gasteiger partial charge >= 0.3 is 0 Å². The predicted molar refractivity (Wildman–Crippen MR) is 62.5 cm³/mol. The third-order valence-electron chi connectivity index (χ3n) is 2.89. The van der Waals surface area contributed by atoms with Gasteiger partial charge in [-0.15, -0.1) is 0 Å². The Morgan fingerprint density at radius 3 is 2.43 bits per heavy atom. The van der Waals surface area contributed by atoms with E-state index in [2.05, 4.69) is 45.0 Å². The number of rotatable bonds is 2. The maximum Gasteiger partial charge on any atom is 0.0220 e. The lowest BCUT2D eigenvalue weighted by atomic mass is 9.92. The van der Waals surface area contributed by atoms with Gasteiger partial charge in [0, 0.05) is 19.1 Å². The Labute approximate surface area is 89.1 Å². The SMILES string of the molecule is CC1CNCC(N(C)CC(C)(C)C)C1. The Morgan fingerprint density at radius 1 is 1.29 bits per heavy atom. The molecule has 0 amide bonds. The fourth-order valence-corrected chi connectivity index (χ4v) is 2.34. The molecule has 2 unspecified atom stereocenters. The van der Waals surface area contributed by atoms with E-state index in [1.54, 1.807) is 0 Å². The van der Waals surface area contributed by atoms with E-state index >= 15 is 0 Å². The van der Waals surface area contributed by atoms with Gasteiger partial charge in [-0.3, -0.25) is 0 Å². The molecular formula is C12H26N2. The zero-order chi connectivity index (χ0) is 10.8. The summed E-state index contributed by atoms with van der Waals surface area (Å²) >= 11 is 0. The summed E-state index contributed by atoms with van der Waals surface area (Å²) in [4.78, 5) is 2.52. The molecule has 1 N–H and O–H groups in total. The first kappa shape index (κ1) is 12.0. The van der Waals surface area contributed by atoms with Crippen molar-refractivity contribution in [2.45, 2.75) is 40.2 Å². The van der Waals surface area contributed by atoms with Crippen LogP contribution in [-0.4, -0.2) is 37.6 Å². The van der Waals surface area contributed by atoms with Crippen molar-refractivity contribution in [3.05, 3.63) is 0 Å². The van der Waals surface area contributed by atoms with E-state index in [0.717, 1.165) is 18.5 Å². The molecule has 2 heteroatoms. The number of piperidine rings is 1. The van der Waals surface area contributed by atoms with Gasteiger partial charge in [0.25, 0.3) is 0 Å². The summed E-state index contributed by atoms with van der Waals surface area (Å²) in [6.07, 6.45) is 1.35. The van der Waals surface area contributed by atoms with E-state index in [4.69, 9.17) is 0 Å². The van der Waals surface area contributed by atoms with Crippen molar-refractivity contribution >= 4 is 0 Å². The Bertz CT molecular complexity index is 172. The molecule has 1 heterocycles. The second-order valence-corrected chi connectivity index (χ2v) is 6.13. The second kappa shape index (κ2) is 4.63. The molecule has 0 aromatic rings. The summed E-state index contributed by atoms with van der Waals surface area (Å²) < 4.78 is 0. The van der Waals surface area contributed by atoms with Crippen LogP contribution >= 0.6 is 0 Å². The van der Waals surface area contributed by atoms with Crippen molar-refractivity contribution in [2.24, 2.45) is 11.3 Å². The predicted octanol–water partition coefficient (Wildman–Crippen LogP) is 1.96. The van der Waals surface area contributed by atoms with Crippen LogP contribution < -0.4 is 5.32 Å². The van der Waals surface area contributed by atoms with E-state index < -0.39 is 0 Å². The minimum atomic E-state index is 0.412. The normalized spacial score (nSPS) is 29.6. The third-order valence-corrected chi connectivity index (χ3v) is 2.89. The summed E-state index contributed by atoms with van der Waals surface area (Å²) in [5.41, 5.74) is 0.412. The number of likely N-dealkylation sites (N-methyl/N-ethyl adjacent to an activating group) is 1. The van der Waals surface area contributed by atoms with Gasteiger partial charge in [-0.2, -0.15) is 0 Å². The van der Waals surface area contributed by atoms with Crippen LogP contribution in [0.4, 0.5) is 0 Å². The number of nitrogens with zero attached hydrogens (tertiary/aromatic N) is 1. The van der Waals surface area contributed by atoms with Gasteiger partial charge < -0.3 is 10.2 Å². The smallest absolute Gasteiger partial charge is 0.0220 e. The molecule has 0 bridgehead atoms. The first-order valence-electron chi connectivity index (χ1n) is 5.79. The number of hydrogen-bond donors (Lipinski definition) is 1. The summed E-state index contributed by atoms with van der Waals surface area (Å²) in [6.45, 7) is 12.8. The maximum absolute atomic E-state index is 3.51. The van der Waals surface area contributed by atoms with Gasteiger partial charge in [0.2, 0.25) is 0 Å². The highest BCUT2D eigenvalue weighted by Crippen LogP contribution is 2.19. The Kier molecular flexibility index (Phi) is 3.96. The van der Waals surface area contributed by atoms with Crippen molar-refractivity contribution in [3.8, 4) is 0 Å². The van der Waals surface area contributed by atoms with Crippen LogP contribution in [0, 0.1) is 11.3 Å². The average Bonchev–Trinajstić information content (AvgIpc) is 2.01. The Morgan fingerprint density at radius 2 is 1.93 bits per heavy atom. The second-order valence-electron chi connectivity index (χ2n) is 6.13. The van der Waals surface area contributed by atoms with Gasteiger partial charge in [-0.1, -0.05) is 27.7 Å². The zero-order valence-electron chi connectivity index (χ0n) is 10.4. The van der Waals surface area contributed by atoms with Crippen molar-refractivity contribution < 1.29 is 0 Å². The van der Waals surface area contributed by atoms with Crippen LogP contribution in [0.1, 0.15) is 34.1 Å². The quantitative estimate of drug-likeness (QED) is 0.730. The van der Waals surface area contributed by atoms with Gasteiger partial charge in [-0.05, 0) is 31.3 Å². The topological polar surface area (TPSA) is 15.3 Å². The van der Waals surface area contributed by atoms with Crippen molar-refractivity contribution in [1.82, 2.24) is 10.2 Å². The number of hydrogen-bond acceptors (Lipinski definition) is 2. The minimum Gasteiger partial charge on any atom is -0.315 e. The van der Waals surface area contributed by atoms with Gasteiger partial charge in [0.05, 0.1) is 0 Å². The molecule has 2 atom stereocenters. The molecule has 1 fully saturated rings. The molecule has 1 rings (SSSR count). The van der Waals surface area contributed by atoms with E-state index in [0.29, 0.717) is 5.41 Å². The fourth-order valence-electron chi connectivity index (χ4n) is 2.34. The molecular weight excluding hydrogens is 172 g/mol. The third kappa shape index (κ3) is 3.97. The fraction of sp³-hybridized carbons (Fsp3) is 1.00. The van der Waals surface area contributed by atoms with E-state index in [9.17, 15) is 0 Å². The lowest BCUT2D eigenvalue weighted by Crippen LogP contribution is -2.49. The number of nitrogens with one attached hydrogen (secondary N) is 1. The lowest BCUT2D eigenvalue weighted by molar-refractivity contribution is 0.133. The molecule has 0 saturated carbocycles. The summed E-state index contributed by atoms with van der Waals surface area (Å²) in [5, 5.41) is 3.51. The summed E-state index contributed by atoms with van der Waals surface area (Å²) in [7, 11) is 2.26. The van der Waals surface area contributed by atoms with Gasteiger partial charge in [0.15, 0.2) is 0 Å². The van der Waals surface area contributed by atoms with Crippen LogP contribution in [0.3, 0.4) is 0 Å². The maximum atomic E-state index is 3.51. The molecule has 0 spiro atoms. The summed E-state index contributed by atoms with van der Waals surface area (Å²) in [5.74, 6) is 0.830. The van der Waals surface area contributed by atoms with Crippen LogP contribution in [0.15, 0.2) is 0 Å². The molecule has 1 aliphatic heterocycles.